The lowest BCUT2D eigenvalue weighted by molar-refractivity contribution is -0.149. The van der Waals surface area contributed by atoms with Crippen LogP contribution in [0.3, 0.4) is 0 Å². The molecule has 0 fully saturated rings. The number of ether oxygens (including phenoxy) is 2. The number of unbranched alkanes of at least 4 members (excludes halogenated alkanes) is 22. The molecule has 2 rings (SSSR count). The second kappa shape index (κ2) is 46.2. The summed E-state index contributed by atoms with van der Waals surface area (Å²) in [6.45, 7) is 14.6. The number of rotatable bonds is 52. The number of esters is 2. The van der Waals surface area contributed by atoms with Crippen LogP contribution in [0.25, 0.3) is 0 Å². The molecule has 2 atom stereocenters. The molecule has 6 nitrogen and oxygen atoms in total. The summed E-state index contributed by atoms with van der Waals surface area (Å²) in [5, 5.41) is 6.02. The van der Waals surface area contributed by atoms with Crippen molar-refractivity contribution in [2.75, 3.05) is 29.6 Å². The van der Waals surface area contributed by atoms with Crippen LogP contribution in [0.4, 0.5) is 0 Å². The van der Waals surface area contributed by atoms with Crippen molar-refractivity contribution in [3.8, 4) is 0 Å². The van der Waals surface area contributed by atoms with Gasteiger partial charge in [-0.05, 0) is 111 Å². The molecule has 0 saturated heterocycles. The van der Waals surface area contributed by atoms with Crippen molar-refractivity contribution >= 4 is 54.2 Å². The summed E-state index contributed by atoms with van der Waals surface area (Å²) in [6, 6.07) is 21.5. The van der Waals surface area contributed by atoms with Gasteiger partial charge >= 0.3 is 11.9 Å². The Bertz CT molecular complexity index is 1480. The van der Waals surface area contributed by atoms with Gasteiger partial charge in [-0.25, -0.2) is 0 Å². The van der Waals surface area contributed by atoms with Crippen LogP contribution in [0, 0.1) is 0 Å². The normalized spacial score (nSPS) is 13.2. The minimum Gasteiger partial charge on any atom is -0.461 e. The minimum atomic E-state index is -2.99. The third-order valence-corrected chi connectivity index (χ3v) is 22.3. The van der Waals surface area contributed by atoms with Gasteiger partial charge in [0, 0.05) is 30.4 Å². The van der Waals surface area contributed by atoms with Crippen molar-refractivity contribution in [3.05, 3.63) is 60.7 Å². The van der Waals surface area contributed by atoms with Gasteiger partial charge in [-0.2, -0.15) is 23.5 Å². The molecule has 0 saturated carbocycles. The summed E-state index contributed by atoms with van der Waals surface area (Å²) < 4.78 is 12.2. The van der Waals surface area contributed by atoms with E-state index in [2.05, 4.69) is 95.4 Å². The smallest absolute Gasteiger partial charge is 0.306 e. The van der Waals surface area contributed by atoms with Crippen LogP contribution in [0.1, 0.15) is 273 Å². The molecule has 426 valence electrons. The second-order valence-corrected chi connectivity index (χ2v) is 28.8. The van der Waals surface area contributed by atoms with Gasteiger partial charge in [-0.3, -0.25) is 9.59 Å². The highest BCUT2D eigenvalue weighted by molar-refractivity contribution is 7.99. The largest absolute Gasteiger partial charge is 0.461 e. The minimum absolute atomic E-state index is 0.0149. The molecule has 2 unspecified atom stereocenters. The molecule has 2 aromatic rings. The van der Waals surface area contributed by atoms with E-state index in [9.17, 15) is 14.4 Å². The Labute approximate surface area is 466 Å². The fourth-order valence-electron chi connectivity index (χ4n) is 10.5. The maximum absolute atomic E-state index is 12.8. The first kappa shape index (κ1) is 68.3. The van der Waals surface area contributed by atoms with E-state index < -0.39 is 8.32 Å². The van der Waals surface area contributed by atoms with E-state index >= 15 is 0 Å². The van der Waals surface area contributed by atoms with Crippen molar-refractivity contribution in [3.63, 3.8) is 0 Å². The third-order valence-electron chi connectivity index (χ3n) is 15.4. The maximum Gasteiger partial charge on any atom is 0.306 e. The molecule has 0 radical (unpaired) electrons. The number of nitrogens with one attached hydrogen (secondary N) is 1. The summed E-state index contributed by atoms with van der Waals surface area (Å²) in [5.74, 6) is 4.16. The van der Waals surface area contributed by atoms with Gasteiger partial charge in [0.2, 0.25) is 0 Å². The van der Waals surface area contributed by atoms with Crippen molar-refractivity contribution in [1.29, 1.82) is 0 Å². The first-order valence-electron chi connectivity index (χ1n) is 31.2. The first-order valence-corrected chi connectivity index (χ1v) is 35.5. The van der Waals surface area contributed by atoms with Crippen LogP contribution in [-0.2, 0) is 19.1 Å². The van der Waals surface area contributed by atoms with Crippen LogP contribution in [0.5, 0.6) is 0 Å². The van der Waals surface area contributed by atoms with E-state index in [0.717, 1.165) is 117 Å². The van der Waals surface area contributed by atoms with E-state index in [0.29, 0.717) is 18.9 Å². The van der Waals surface area contributed by atoms with Gasteiger partial charge in [0.1, 0.15) is 12.2 Å². The maximum atomic E-state index is 12.8. The van der Waals surface area contributed by atoms with E-state index in [4.69, 9.17) is 9.47 Å². The predicted octanol–water partition coefficient (Wildman–Crippen LogP) is 17.9. The van der Waals surface area contributed by atoms with Crippen molar-refractivity contribution in [2.45, 2.75) is 296 Å². The molecule has 0 aromatic heterocycles. The molecule has 0 heterocycles. The number of thioether (sulfide) groups is 2. The molecule has 0 aliphatic heterocycles. The zero-order valence-corrected chi connectivity index (χ0v) is 51.5. The summed E-state index contributed by atoms with van der Waals surface area (Å²) in [4.78, 5) is 38.3. The molecule has 74 heavy (non-hydrogen) atoms. The topological polar surface area (TPSA) is 84.9 Å². The van der Waals surface area contributed by atoms with Crippen LogP contribution < -0.4 is 15.7 Å². The Hall–Kier alpha value is -1.78. The van der Waals surface area contributed by atoms with E-state index in [1.54, 1.807) is 0 Å². The van der Waals surface area contributed by atoms with Gasteiger partial charge in [0.05, 0.1) is 0 Å². The van der Waals surface area contributed by atoms with Crippen LogP contribution in [-0.4, -0.2) is 72.9 Å². The van der Waals surface area contributed by atoms with Gasteiger partial charge in [-0.1, -0.05) is 243 Å². The van der Waals surface area contributed by atoms with Gasteiger partial charge in [-0.15, -0.1) is 0 Å². The van der Waals surface area contributed by atoms with E-state index in [1.165, 1.54) is 141 Å². The third kappa shape index (κ3) is 32.8. The number of benzene rings is 2. The van der Waals surface area contributed by atoms with Gasteiger partial charge < -0.3 is 19.6 Å². The van der Waals surface area contributed by atoms with Crippen molar-refractivity contribution < 1.29 is 23.9 Å². The predicted molar refractivity (Wildman–Crippen MR) is 329 cm³/mol. The molecule has 0 spiro atoms. The summed E-state index contributed by atoms with van der Waals surface area (Å²) in [7, 11) is -2.99. The van der Waals surface area contributed by atoms with Crippen LogP contribution in [0.15, 0.2) is 60.7 Å². The number of carbonyl (C=O) groups excluding carboxylic acids is 2. The average Bonchev–Trinajstić information content (AvgIpc) is 3.40. The monoisotopic (exact) mass is 1080 g/mol. The van der Waals surface area contributed by atoms with E-state index in [1.807, 2.05) is 35.7 Å². The highest BCUT2D eigenvalue weighted by atomic mass is 32.2. The summed E-state index contributed by atoms with van der Waals surface area (Å²) in [6.07, 6.45) is 41.6. The fraction of sp³-hybridized carbons (Fsp3) is 0.785. The number of hydrogen-bond acceptors (Lipinski definition) is 8. The Morgan fingerprint density at radius 1 is 0.486 bits per heavy atom. The molecule has 0 aliphatic carbocycles. The van der Waals surface area contributed by atoms with Gasteiger partial charge in [0.15, 0.2) is 0 Å². The molecule has 9 heteroatoms. The quantitative estimate of drug-likeness (QED) is 0.0385. The van der Waals surface area contributed by atoms with Crippen molar-refractivity contribution in [2.24, 2.45) is 0 Å². The number of carbonyl (C=O) groups is 2. The van der Waals surface area contributed by atoms with Crippen LogP contribution in [0.2, 0.25) is 5.04 Å². The Balaban J connectivity index is 1.89. The fourth-order valence-corrected chi connectivity index (χ4v) is 16.5. The molecule has 0 amide bonds. The van der Waals surface area contributed by atoms with Gasteiger partial charge in [0.25, 0.3) is 8.32 Å². The highest BCUT2D eigenvalue weighted by Gasteiger charge is 2.49. The lowest BCUT2D eigenvalue weighted by Crippen LogP contribution is -2.65. The first-order chi connectivity index (χ1) is 36.1. The Kier molecular flexibility index (Phi) is 42.6. The standard InChI is InChI=1S/C65H115NO5S2Si/c1-7-11-15-19-21-36-50-63(67)70-59(44-30-17-13-9-3)56-72-54-40-25-28-42-58(43-29-26-41-55-73-57-60(45-31-18-14-10-4)71-64(68)51-37-22-20-16-12-8-2)66-53-39-27-38-52-65(5,6)74(69,61-46-32-23-33-47-61)62-48-34-24-35-49-62/h23-24,32-35,46-49,58-60,66,69H,7-22,25-31,36-45,50-57H2,1-6H3. The zero-order valence-electron chi connectivity index (χ0n) is 48.9. The lowest BCUT2D eigenvalue weighted by atomic mass is 10.0. The Morgan fingerprint density at radius 3 is 1.28 bits per heavy atom. The molecule has 2 N–H and O–H groups in total. The summed E-state index contributed by atoms with van der Waals surface area (Å²) in [5.41, 5.74) is 0. The Morgan fingerprint density at radius 2 is 0.851 bits per heavy atom. The van der Waals surface area contributed by atoms with Crippen LogP contribution >= 0.6 is 23.5 Å². The van der Waals surface area contributed by atoms with Crippen molar-refractivity contribution in [1.82, 2.24) is 5.32 Å². The zero-order chi connectivity index (χ0) is 53.6. The molecular formula is C65H115NO5S2Si. The SMILES string of the molecule is CCCCCCCCC(=O)OC(CCCCCC)CSCCCCCC(CCCCCSCC(CCCCCC)OC(=O)CCCCCCCC)NCCCCCC(C)(C)[Si](O)(c1ccccc1)c1ccccc1. The molecule has 2 aromatic carbocycles. The molecule has 0 bridgehead atoms. The average molecular weight is 1080 g/mol. The second-order valence-electron chi connectivity index (χ2n) is 22.6. The summed E-state index contributed by atoms with van der Waals surface area (Å²) >= 11 is 3.98. The number of hydrogen-bond donors (Lipinski definition) is 2. The molecule has 0 aliphatic rings. The van der Waals surface area contributed by atoms with E-state index in [-0.39, 0.29) is 29.2 Å². The molecular weight excluding hydrogens is 967 g/mol. The lowest BCUT2D eigenvalue weighted by Gasteiger charge is -2.41. The highest BCUT2D eigenvalue weighted by Crippen LogP contribution is 2.40.